The van der Waals surface area contributed by atoms with E-state index in [1.807, 2.05) is 27.7 Å². The molecule has 4 aromatic heterocycles. The predicted octanol–water partition coefficient (Wildman–Crippen LogP) is 14.1. The van der Waals surface area contributed by atoms with Crippen LogP contribution in [0.5, 0.6) is 17.2 Å². The maximum atomic E-state index is 13.7. The number of hydrogen-bond acceptors (Lipinski definition) is 15. The third-order valence-corrected chi connectivity index (χ3v) is 20.8. The molecule has 3 aromatic carbocycles. The van der Waals surface area contributed by atoms with Crippen LogP contribution in [0.2, 0.25) is 0 Å². The van der Waals surface area contributed by atoms with E-state index >= 15 is 0 Å². The topological polar surface area (TPSA) is 225 Å². The normalized spacial score (nSPS) is 19.6. The average Bonchev–Trinajstić information content (AvgIpc) is 1.63. The fraction of sp³-hybridized carbons (Fsp3) is 0.500. The van der Waals surface area contributed by atoms with Crippen LogP contribution in [-0.4, -0.2) is 58.8 Å². The van der Waals surface area contributed by atoms with Gasteiger partial charge in [0.1, 0.15) is 41.7 Å². The molecule has 0 saturated heterocycles. The van der Waals surface area contributed by atoms with Gasteiger partial charge in [-0.15, -0.1) is 0 Å². The zero-order valence-electron chi connectivity index (χ0n) is 56.6. The minimum Gasteiger partial charge on any atom is -0.487 e. The second kappa shape index (κ2) is 27.2. The van der Waals surface area contributed by atoms with E-state index in [-0.39, 0.29) is 97.3 Å². The van der Waals surface area contributed by atoms with Crippen molar-refractivity contribution in [1.29, 1.82) is 0 Å². The molecule has 0 amide bonds. The summed E-state index contributed by atoms with van der Waals surface area (Å²) < 4.78 is 59.3. The van der Waals surface area contributed by atoms with Gasteiger partial charge < -0.3 is 43.0 Å². The Morgan fingerprint density at radius 2 is 1.29 bits per heavy atom. The number of nitrogens with zero attached hydrogens (tertiary/aromatic N) is 4. The Morgan fingerprint density at radius 3 is 1.98 bits per heavy atom. The highest BCUT2D eigenvalue weighted by atomic mass is 19.2. The molecule has 2 N–H and O–H groups in total. The van der Waals surface area contributed by atoms with Crippen LogP contribution in [0.15, 0.2) is 58.1 Å². The number of ether oxygens (including phenoxy) is 5. The number of halogens is 2. The molecule has 5 aliphatic rings. The molecular formula is C76H88F2N4O13. The van der Waals surface area contributed by atoms with E-state index < -0.39 is 46.7 Å². The summed E-state index contributed by atoms with van der Waals surface area (Å²) in [4.78, 5) is 87.3. The van der Waals surface area contributed by atoms with E-state index in [1.54, 1.807) is 54.8 Å². The Kier molecular flexibility index (Phi) is 19.5. The molecule has 0 saturated carbocycles. The van der Waals surface area contributed by atoms with Gasteiger partial charge in [-0.2, -0.15) is 0 Å². The summed E-state index contributed by atoms with van der Waals surface area (Å²) in [6.07, 6.45) is 13.4. The molecule has 12 rings (SSSR count). The molecular weight excluding hydrogens is 1210 g/mol. The number of carbonyl (C=O) groups is 4. The lowest BCUT2D eigenvalue weighted by Crippen LogP contribution is -2.44. The molecule has 9 heterocycles. The molecule has 0 radical (unpaired) electrons. The van der Waals surface area contributed by atoms with Gasteiger partial charge in [-0.1, -0.05) is 93.4 Å². The number of hydrogen-bond donors (Lipinski definition) is 2. The zero-order chi connectivity index (χ0) is 68.2. The van der Waals surface area contributed by atoms with Gasteiger partial charge in [0.15, 0.2) is 17.2 Å². The van der Waals surface area contributed by atoms with Gasteiger partial charge in [-0.3, -0.25) is 24.0 Å². The monoisotopic (exact) mass is 1300 g/mol. The molecule has 0 aliphatic carbocycles. The summed E-state index contributed by atoms with van der Waals surface area (Å²) in [6, 6.07) is 12.3. The fourth-order valence-corrected chi connectivity index (χ4v) is 14.7. The van der Waals surface area contributed by atoms with Crippen LogP contribution in [0.4, 0.5) is 8.78 Å². The van der Waals surface area contributed by atoms with E-state index in [1.165, 1.54) is 49.5 Å². The van der Waals surface area contributed by atoms with E-state index in [2.05, 4.69) is 39.6 Å². The number of rotatable bonds is 20. The highest BCUT2D eigenvalue weighted by Crippen LogP contribution is 2.47. The quantitative estimate of drug-likeness (QED) is 0.0535. The number of aliphatic hydroxyl groups is 2. The number of carbonyl (C=O) groups excluding carboxylic acids is 4. The molecule has 0 unspecified atom stereocenters. The first-order valence-corrected chi connectivity index (χ1v) is 34.0. The third-order valence-electron chi connectivity index (χ3n) is 20.8. The van der Waals surface area contributed by atoms with Crippen molar-refractivity contribution in [3.63, 3.8) is 0 Å². The van der Waals surface area contributed by atoms with Crippen LogP contribution >= 0.6 is 0 Å². The molecule has 5 atom stereocenters. The molecule has 0 fully saturated rings. The summed E-state index contributed by atoms with van der Waals surface area (Å²) in [6.45, 7) is 23.1. The molecule has 7 aromatic rings. The summed E-state index contributed by atoms with van der Waals surface area (Å²) in [5, 5.41) is 23.5. The average molecular weight is 1300 g/mol. The lowest BCUT2D eigenvalue weighted by molar-refractivity contribution is -0.172. The molecule has 5 aliphatic heterocycles. The summed E-state index contributed by atoms with van der Waals surface area (Å²) in [7, 11) is 0. The highest BCUT2D eigenvalue weighted by Gasteiger charge is 2.46. The van der Waals surface area contributed by atoms with Crippen LogP contribution < -0.4 is 25.3 Å². The molecule has 19 heteroatoms. The first kappa shape index (κ1) is 68.2. The number of esters is 4. The predicted molar refractivity (Wildman–Crippen MR) is 356 cm³/mol. The number of aromatic nitrogens is 4. The first-order chi connectivity index (χ1) is 45.2. The van der Waals surface area contributed by atoms with Gasteiger partial charge in [-0.05, 0) is 161 Å². The van der Waals surface area contributed by atoms with E-state index in [9.17, 15) is 47.8 Å². The van der Waals surface area contributed by atoms with Crippen molar-refractivity contribution in [3.8, 4) is 40.0 Å². The van der Waals surface area contributed by atoms with Gasteiger partial charge >= 0.3 is 23.9 Å². The number of aryl methyl sites for hydroxylation is 1. The van der Waals surface area contributed by atoms with Gasteiger partial charge in [0.2, 0.25) is 0 Å². The standard InChI is InChI=1S/C55H72N2O9.C21H16F2N2O4/c1-11-39-41-28-38(21-22-45(41)56-49-42(39)30-57-46(49)29-44-43(52(57)60)31-63-53(61)55(44,62)12-2)64-47(58)23-24-48(59)65-50-35(7)36(8)51-40(37(50)9)25-27-54(10,66-51)26-15-20-34(6)19-14-18-33(5)17-13-16-32(3)4;1-2-21(28)7-18(26)29-9-12-13(21)5-17-19-11(8-25(17)20(12)27)3-10-4-14(22)15(23)6-16(10)24-19/h21-22,28-29,32-34,62H,11-20,23-27,30-31H2,1-10H3;3-6,28H,2,7-9H2,1H3/t33-,34-,54-,55+;21-/m11/s1. The Labute approximate surface area is 552 Å². The van der Waals surface area contributed by atoms with Crippen LogP contribution in [0.25, 0.3) is 44.6 Å². The Hall–Kier alpha value is -8.16. The van der Waals surface area contributed by atoms with Crippen molar-refractivity contribution in [2.24, 2.45) is 17.8 Å². The number of fused-ring (bicyclic) bond motifs is 11. The summed E-state index contributed by atoms with van der Waals surface area (Å²) in [5.74, 6) is -0.287. The Morgan fingerprint density at radius 1 is 0.674 bits per heavy atom. The van der Waals surface area contributed by atoms with Crippen molar-refractivity contribution in [1.82, 2.24) is 19.1 Å². The van der Waals surface area contributed by atoms with E-state index in [0.717, 1.165) is 94.2 Å². The smallest absolute Gasteiger partial charge is 0.343 e. The fourth-order valence-electron chi connectivity index (χ4n) is 14.7. The zero-order valence-corrected chi connectivity index (χ0v) is 56.6. The van der Waals surface area contributed by atoms with Gasteiger partial charge in [0.05, 0.1) is 77.3 Å². The lowest BCUT2D eigenvalue weighted by Gasteiger charge is -2.38. The maximum absolute atomic E-state index is 13.7. The van der Waals surface area contributed by atoms with Crippen LogP contribution in [0.1, 0.15) is 213 Å². The summed E-state index contributed by atoms with van der Waals surface area (Å²) in [5.41, 5.74) is 6.05. The minimum atomic E-state index is -1.91. The second-order valence-corrected chi connectivity index (χ2v) is 27.9. The van der Waals surface area contributed by atoms with Gasteiger partial charge in [0, 0.05) is 39.1 Å². The van der Waals surface area contributed by atoms with Gasteiger partial charge in [-0.25, -0.2) is 23.5 Å². The Bertz CT molecular complexity index is 4380. The third kappa shape index (κ3) is 13.3. The second-order valence-electron chi connectivity index (χ2n) is 27.9. The number of benzene rings is 3. The SMILES string of the molecule is CC[C@@]1(O)CC(=O)OCc2c1cc1n(c2=O)Cc2cc3cc(F)c(F)cc3nc2-1.CCc1c2c(nc3ccc(OC(=O)CCC(=O)Oc4c(C)c(C)c5c(c4C)CC[C@@](C)(CCC[C@H](C)CCC[C@H](C)CCCC(C)C)O5)cc13)-c1cc3c(c(=O)n1C2)COC(=O)[C@]3(O)CC. The molecule has 0 bridgehead atoms. The maximum Gasteiger partial charge on any atom is 0.343 e. The van der Waals surface area contributed by atoms with Crippen molar-refractivity contribution in [2.45, 2.75) is 228 Å². The first-order valence-electron chi connectivity index (χ1n) is 34.0. The number of cyclic esters (lactones) is 2. The van der Waals surface area contributed by atoms with Crippen LogP contribution in [-0.2, 0) is 79.0 Å². The molecule has 0 spiro atoms. The minimum absolute atomic E-state index is 0.0599. The van der Waals surface area contributed by atoms with Crippen molar-refractivity contribution in [2.75, 3.05) is 0 Å². The molecule has 504 valence electrons. The van der Waals surface area contributed by atoms with E-state index in [0.29, 0.717) is 68.6 Å². The molecule has 95 heavy (non-hydrogen) atoms. The summed E-state index contributed by atoms with van der Waals surface area (Å²) >= 11 is 0. The van der Waals surface area contributed by atoms with Crippen molar-refractivity contribution in [3.05, 3.63) is 142 Å². The van der Waals surface area contributed by atoms with Crippen molar-refractivity contribution < 1.29 is 61.9 Å². The Balaban J connectivity index is 0.000000261. The highest BCUT2D eigenvalue weighted by molar-refractivity contribution is 5.91. The van der Waals surface area contributed by atoms with Crippen LogP contribution in [0, 0.1) is 50.2 Å². The van der Waals surface area contributed by atoms with Crippen molar-refractivity contribution >= 4 is 45.7 Å². The molecule has 17 nitrogen and oxygen atoms in total. The largest absolute Gasteiger partial charge is 0.487 e. The van der Waals surface area contributed by atoms with E-state index in [4.69, 9.17) is 28.7 Å². The number of pyridine rings is 4. The lowest BCUT2D eigenvalue weighted by atomic mass is 9.83. The van der Waals surface area contributed by atoms with Gasteiger partial charge in [0.25, 0.3) is 11.1 Å². The van der Waals surface area contributed by atoms with Crippen LogP contribution in [0.3, 0.4) is 0 Å².